The van der Waals surface area contributed by atoms with E-state index in [1.165, 1.54) is 44.6 Å². The quantitative estimate of drug-likeness (QED) is 0.444. The lowest BCUT2D eigenvalue weighted by molar-refractivity contribution is 0.156. The summed E-state index contributed by atoms with van der Waals surface area (Å²) in [5.74, 6) is -0.361. The Balaban J connectivity index is 1.47. The highest BCUT2D eigenvalue weighted by Gasteiger charge is 2.33. The van der Waals surface area contributed by atoms with Crippen LogP contribution in [0.2, 0.25) is 0 Å². The average molecular weight is 433 g/mol. The first-order valence-corrected chi connectivity index (χ1v) is 12.3. The molecule has 0 aliphatic heterocycles. The second kappa shape index (κ2) is 9.83. The fourth-order valence-corrected chi connectivity index (χ4v) is 6.20. The molecule has 31 heavy (non-hydrogen) atoms. The predicted octanol–water partition coefficient (Wildman–Crippen LogP) is 8.54. The lowest BCUT2D eigenvalue weighted by Crippen LogP contribution is -2.25. The summed E-state index contributed by atoms with van der Waals surface area (Å²) in [7, 11) is 0. The Labute approximate surface area is 184 Å². The van der Waals surface area contributed by atoms with Gasteiger partial charge in [-0.05, 0) is 92.2 Å². The van der Waals surface area contributed by atoms with Crippen molar-refractivity contribution in [2.45, 2.75) is 84.0 Å². The minimum Gasteiger partial charge on any atom is -0.491 e. The maximum atomic E-state index is 15.0. The third-order valence-electron chi connectivity index (χ3n) is 7.88. The molecule has 4 rings (SSSR count). The molecule has 0 unspecified atom stereocenters. The third kappa shape index (κ3) is 4.59. The van der Waals surface area contributed by atoms with E-state index in [9.17, 15) is 13.2 Å². The van der Waals surface area contributed by atoms with Gasteiger partial charge in [0.25, 0.3) is 0 Å². The minimum atomic E-state index is -1.08. The zero-order chi connectivity index (χ0) is 22.0. The molecule has 0 atom stereocenters. The van der Waals surface area contributed by atoms with Gasteiger partial charge in [0.05, 0.1) is 12.0 Å². The molecule has 2 aliphatic carbocycles. The van der Waals surface area contributed by atoms with E-state index in [1.54, 1.807) is 19.1 Å². The van der Waals surface area contributed by atoms with E-state index in [1.807, 2.05) is 0 Å². The van der Waals surface area contributed by atoms with Crippen molar-refractivity contribution < 1.29 is 17.9 Å². The van der Waals surface area contributed by atoms with Crippen molar-refractivity contribution in [2.75, 3.05) is 6.61 Å². The summed E-state index contributed by atoms with van der Waals surface area (Å²) in [4.78, 5) is 0. The normalized spacial score (nSPS) is 26.9. The van der Waals surface area contributed by atoms with Crippen LogP contribution in [0.1, 0.15) is 89.5 Å². The lowest BCUT2D eigenvalue weighted by Gasteiger charge is -2.38. The third-order valence-corrected chi connectivity index (χ3v) is 7.88. The van der Waals surface area contributed by atoms with E-state index < -0.39 is 17.5 Å². The van der Waals surface area contributed by atoms with Crippen LogP contribution in [0.4, 0.5) is 13.2 Å². The van der Waals surface area contributed by atoms with Crippen molar-refractivity contribution in [3.05, 3.63) is 41.2 Å². The van der Waals surface area contributed by atoms with Crippen LogP contribution in [-0.4, -0.2) is 6.61 Å². The molecule has 2 fully saturated rings. The zero-order valence-electron chi connectivity index (χ0n) is 18.9. The number of halogens is 3. The van der Waals surface area contributed by atoms with Gasteiger partial charge in [0.1, 0.15) is 0 Å². The number of ether oxygens (including phenoxy) is 1. The van der Waals surface area contributed by atoms with Gasteiger partial charge < -0.3 is 4.74 Å². The molecule has 2 aliphatic rings. The van der Waals surface area contributed by atoms with Gasteiger partial charge >= 0.3 is 0 Å². The molecular formula is C27H35F3O. The second-order valence-corrected chi connectivity index (χ2v) is 9.68. The highest BCUT2D eigenvalue weighted by Crippen LogP contribution is 2.45. The Kier molecular flexibility index (Phi) is 7.13. The van der Waals surface area contributed by atoms with Crippen molar-refractivity contribution in [1.82, 2.24) is 0 Å². The van der Waals surface area contributed by atoms with Gasteiger partial charge in [-0.2, -0.15) is 0 Å². The van der Waals surface area contributed by atoms with Crippen LogP contribution in [0.3, 0.4) is 0 Å². The molecule has 0 heterocycles. The Morgan fingerprint density at radius 2 is 1.45 bits per heavy atom. The number of benzene rings is 2. The summed E-state index contributed by atoms with van der Waals surface area (Å²) in [6.07, 6.45) is 12.0. The fraction of sp³-hybridized carbons (Fsp3) is 0.630. The Morgan fingerprint density at radius 1 is 0.806 bits per heavy atom. The Bertz CT molecular complexity index is 893. The first-order valence-electron chi connectivity index (χ1n) is 12.3. The van der Waals surface area contributed by atoms with E-state index in [0.29, 0.717) is 10.9 Å². The standard InChI is InChI=1S/C27H35F3O/c1-3-5-17-6-8-18(9-7-17)19-10-12-20(13-11-19)22-16-21-14-15-23(31-4-2)26(29)24(21)27(30)25(22)28/h14-20H,3-13H2,1-2H3. The molecule has 2 aromatic rings. The lowest BCUT2D eigenvalue weighted by atomic mass is 9.68. The van der Waals surface area contributed by atoms with Gasteiger partial charge in [0.2, 0.25) is 0 Å². The molecule has 0 amide bonds. The SMILES string of the molecule is CCCC1CCC(C2CCC(c3cc4ccc(OCC)c(F)c4c(F)c3F)CC2)CC1. The number of rotatable bonds is 6. The van der Waals surface area contributed by atoms with Crippen LogP contribution >= 0.6 is 0 Å². The smallest absolute Gasteiger partial charge is 0.175 e. The first kappa shape index (κ1) is 22.5. The van der Waals surface area contributed by atoms with Gasteiger partial charge in [0, 0.05) is 0 Å². The van der Waals surface area contributed by atoms with Crippen molar-refractivity contribution in [2.24, 2.45) is 17.8 Å². The molecule has 170 valence electrons. The van der Waals surface area contributed by atoms with E-state index in [4.69, 9.17) is 4.74 Å². The predicted molar refractivity (Wildman–Crippen MR) is 120 cm³/mol. The van der Waals surface area contributed by atoms with Crippen LogP contribution in [0, 0.1) is 35.2 Å². The van der Waals surface area contributed by atoms with Crippen molar-refractivity contribution in [3.63, 3.8) is 0 Å². The number of fused-ring (bicyclic) bond motifs is 1. The van der Waals surface area contributed by atoms with Gasteiger partial charge in [-0.1, -0.05) is 38.7 Å². The molecule has 2 saturated carbocycles. The summed E-state index contributed by atoms with van der Waals surface area (Å²) in [6, 6.07) is 4.80. The van der Waals surface area contributed by atoms with Gasteiger partial charge in [0.15, 0.2) is 23.2 Å². The summed E-state index contributed by atoms with van der Waals surface area (Å²) >= 11 is 0. The van der Waals surface area contributed by atoms with Crippen LogP contribution in [0.15, 0.2) is 18.2 Å². The van der Waals surface area contributed by atoms with E-state index in [2.05, 4.69) is 6.92 Å². The minimum absolute atomic E-state index is 0.0150. The molecule has 0 radical (unpaired) electrons. The molecule has 2 aromatic carbocycles. The summed E-state index contributed by atoms with van der Waals surface area (Å²) in [5, 5.41) is 0.107. The molecule has 4 heteroatoms. The van der Waals surface area contributed by atoms with E-state index >= 15 is 0 Å². The molecule has 0 saturated heterocycles. The topological polar surface area (TPSA) is 9.23 Å². The molecule has 1 nitrogen and oxygen atoms in total. The average Bonchev–Trinajstić information content (AvgIpc) is 2.79. The van der Waals surface area contributed by atoms with Crippen LogP contribution < -0.4 is 4.74 Å². The van der Waals surface area contributed by atoms with Crippen molar-refractivity contribution >= 4 is 10.8 Å². The summed E-state index contributed by atoms with van der Waals surface area (Å²) < 4.78 is 49.8. The maximum Gasteiger partial charge on any atom is 0.175 e. The second-order valence-electron chi connectivity index (χ2n) is 9.68. The van der Waals surface area contributed by atoms with Gasteiger partial charge in [-0.3, -0.25) is 0 Å². The highest BCUT2D eigenvalue weighted by atomic mass is 19.2. The maximum absolute atomic E-state index is 15.0. The Hall–Kier alpha value is -1.71. The largest absolute Gasteiger partial charge is 0.491 e. The number of hydrogen-bond acceptors (Lipinski definition) is 1. The van der Waals surface area contributed by atoms with E-state index in [0.717, 1.165) is 43.4 Å². The summed E-state index contributed by atoms with van der Waals surface area (Å²) in [5.41, 5.74) is 0.415. The van der Waals surface area contributed by atoms with Crippen molar-refractivity contribution in [3.8, 4) is 5.75 Å². The zero-order valence-corrected chi connectivity index (χ0v) is 18.9. The monoisotopic (exact) mass is 432 g/mol. The highest BCUT2D eigenvalue weighted by molar-refractivity contribution is 5.86. The molecule has 0 bridgehead atoms. The first-order chi connectivity index (χ1) is 15.0. The van der Waals surface area contributed by atoms with E-state index in [-0.39, 0.29) is 23.7 Å². The summed E-state index contributed by atoms with van der Waals surface area (Å²) in [6.45, 7) is 4.28. The fourth-order valence-electron chi connectivity index (χ4n) is 6.20. The van der Waals surface area contributed by atoms with Gasteiger partial charge in [-0.25, -0.2) is 13.2 Å². The molecular weight excluding hydrogens is 397 g/mol. The van der Waals surface area contributed by atoms with Crippen LogP contribution in [0.25, 0.3) is 10.8 Å². The molecule has 0 spiro atoms. The number of hydrogen-bond donors (Lipinski definition) is 0. The Morgan fingerprint density at radius 3 is 2.06 bits per heavy atom. The molecule has 0 N–H and O–H groups in total. The molecule has 0 aromatic heterocycles. The van der Waals surface area contributed by atoms with Crippen molar-refractivity contribution in [1.29, 1.82) is 0 Å². The van der Waals surface area contributed by atoms with Gasteiger partial charge in [-0.15, -0.1) is 0 Å². The van der Waals surface area contributed by atoms with Crippen LogP contribution in [-0.2, 0) is 0 Å². The van der Waals surface area contributed by atoms with Crippen LogP contribution in [0.5, 0.6) is 5.75 Å².